The molecule has 1 aliphatic heterocycles. The number of amides is 1. The van der Waals surface area contributed by atoms with Crippen LogP contribution in [0.1, 0.15) is 16.1 Å². The summed E-state index contributed by atoms with van der Waals surface area (Å²) in [5, 5.41) is 3.59. The van der Waals surface area contributed by atoms with Gasteiger partial charge in [0, 0.05) is 42.9 Å². The molecular formula is C22H24N4O3S. The van der Waals surface area contributed by atoms with Crippen LogP contribution in [-0.4, -0.2) is 61.7 Å². The van der Waals surface area contributed by atoms with Crippen molar-refractivity contribution in [2.75, 3.05) is 38.5 Å². The Labute approximate surface area is 176 Å². The molecule has 0 aliphatic carbocycles. The van der Waals surface area contributed by atoms with Gasteiger partial charge in [-0.2, -0.15) is 4.31 Å². The number of carbonyl (C=O) groups excluding carboxylic acids is 1. The number of anilines is 1. The number of benzene rings is 2. The highest BCUT2D eigenvalue weighted by Crippen LogP contribution is 2.23. The van der Waals surface area contributed by atoms with Crippen LogP contribution in [0.4, 0.5) is 5.69 Å². The van der Waals surface area contributed by atoms with Crippen LogP contribution in [0, 0.1) is 6.92 Å². The molecular weight excluding hydrogens is 400 g/mol. The van der Waals surface area contributed by atoms with Gasteiger partial charge in [0.1, 0.15) is 0 Å². The molecule has 1 fully saturated rings. The topological polar surface area (TPSA) is 82.6 Å². The quantitative estimate of drug-likeness (QED) is 0.696. The van der Waals surface area contributed by atoms with Gasteiger partial charge >= 0.3 is 0 Å². The first-order valence-electron chi connectivity index (χ1n) is 9.81. The van der Waals surface area contributed by atoms with Crippen molar-refractivity contribution in [2.45, 2.75) is 11.8 Å². The predicted octanol–water partition coefficient (Wildman–Crippen LogP) is 2.73. The van der Waals surface area contributed by atoms with Crippen molar-refractivity contribution in [2.24, 2.45) is 0 Å². The van der Waals surface area contributed by atoms with Gasteiger partial charge in [0.2, 0.25) is 10.0 Å². The third-order valence-corrected chi connectivity index (χ3v) is 7.18. The number of aromatic nitrogens is 1. The maximum Gasteiger partial charge on any atom is 0.256 e. The molecule has 7 nitrogen and oxygen atoms in total. The van der Waals surface area contributed by atoms with E-state index >= 15 is 0 Å². The lowest BCUT2D eigenvalue weighted by Gasteiger charge is -2.31. The number of aryl methyl sites for hydroxylation is 1. The minimum atomic E-state index is -3.60. The van der Waals surface area contributed by atoms with Crippen LogP contribution in [0.15, 0.2) is 59.5 Å². The fraction of sp³-hybridized carbons (Fsp3) is 0.273. The number of rotatable bonds is 4. The van der Waals surface area contributed by atoms with Gasteiger partial charge in [-0.05, 0) is 44.3 Å². The minimum absolute atomic E-state index is 0.181. The fourth-order valence-corrected chi connectivity index (χ4v) is 5.07. The highest BCUT2D eigenvalue weighted by atomic mass is 32.2. The fourth-order valence-electron chi connectivity index (χ4n) is 3.61. The molecule has 0 atom stereocenters. The van der Waals surface area contributed by atoms with Crippen molar-refractivity contribution in [3.63, 3.8) is 0 Å². The lowest BCUT2D eigenvalue weighted by atomic mass is 10.1. The van der Waals surface area contributed by atoms with Gasteiger partial charge in [0.05, 0.1) is 16.0 Å². The van der Waals surface area contributed by atoms with Crippen molar-refractivity contribution < 1.29 is 13.2 Å². The highest BCUT2D eigenvalue weighted by molar-refractivity contribution is 7.89. The molecule has 1 N–H and O–H groups in total. The van der Waals surface area contributed by atoms with Crippen molar-refractivity contribution in [1.82, 2.24) is 14.2 Å². The molecule has 2 aromatic carbocycles. The van der Waals surface area contributed by atoms with E-state index in [9.17, 15) is 13.2 Å². The van der Waals surface area contributed by atoms with Crippen LogP contribution < -0.4 is 5.32 Å². The maximum atomic E-state index is 13.0. The van der Waals surface area contributed by atoms with Gasteiger partial charge in [-0.15, -0.1) is 0 Å². The van der Waals surface area contributed by atoms with Gasteiger partial charge in [-0.3, -0.25) is 9.78 Å². The van der Waals surface area contributed by atoms with Crippen LogP contribution in [-0.2, 0) is 10.0 Å². The lowest BCUT2D eigenvalue weighted by Crippen LogP contribution is -2.47. The van der Waals surface area contributed by atoms with Gasteiger partial charge in [-0.25, -0.2) is 8.42 Å². The molecule has 0 bridgehead atoms. The van der Waals surface area contributed by atoms with Gasteiger partial charge in [0.25, 0.3) is 5.91 Å². The Morgan fingerprint density at radius 2 is 1.73 bits per heavy atom. The lowest BCUT2D eigenvalue weighted by molar-refractivity contribution is 0.102. The summed E-state index contributed by atoms with van der Waals surface area (Å²) >= 11 is 0. The van der Waals surface area contributed by atoms with E-state index in [0.717, 1.165) is 16.6 Å². The molecule has 3 aromatic rings. The van der Waals surface area contributed by atoms with Crippen LogP contribution in [0.2, 0.25) is 0 Å². The molecule has 1 aromatic heterocycles. The molecule has 1 saturated heterocycles. The Kier molecular flexibility index (Phi) is 5.55. The largest absolute Gasteiger partial charge is 0.322 e. The first-order valence-corrected chi connectivity index (χ1v) is 11.2. The van der Waals surface area contributed by atoms with Crippen LogP contribution in [0.25, 0.3) is 10.9 Å². The zero-order valence-corrected chi connectivity index (χ0v) is 17.8. The molecule has 1 amide bonds. The van der Waals surface area contributed by atoms with E-state index in [1.54, 1.807) is 24.3 Å². The number of fused-ring (bicyclic) bond motifs is 1. The average molecular weight is 425 g/mol. The molecule has 0 saturated carbocycles. The number of hydrogen-bond donors (Lipinski definition) is 1. The van der Waals surface area contributed by atoms with Crippen molar-refractivity contribution in [3.8, 4) is 0 Å². The van der Waals surface area contributed by atoms with E-state index in [4.69, 9.17) is 0 Å². The number of likely N-dealkylation sites (N-methyl/N-ethyl adjacent to an activating group) is 1. The van der Waals surface area contributed by atoms with Gasteiger partial charge < -0.3 is 10.2 Å². The molecule has 156 valence electrons. The van der Waals surface area contributed by atoms with Crippen molar-refractivity contribution in [3.05, 3.63) is 65.9 Å². The Morgan fingerprint density at radius 1 is 1.00 bits per heavy atom. The number of nitrogens with zero attached hydrogens (tertiary/aromatic N) is 3. The zero-order chi connectivity index (χ0) is 21.3. The summed E-state index contributed by atoms with van der Waals surface area (Å²) in [6.07, 6.45) is 0. The first-order chi connectivity index (χ1) is 14.3. The normalized spacial score (nSPS) is 15.9. The Morgan fingerprint density at radius 3 is 2.50 bits per heavy atom. The summed E-state index contributed by atoms with van der Waals surface area (Å²) in [6.45, 7) is 4.15. The van der Waals surface area contributed by atoms with E-state index in [1.807, 2.05) is 38.2 Å². The van der Waals surface area contributed by atoms with Gasteiger partial charge in [-0.1, -0.05) is 24.3 Å². The highest BCUT2D eigenvalue weighted by Gasteiger charge is 2.27. The van der Waals surface area contributed by atoms with Crippen LogP contribution in [0.5, 0.6) is 0 Å². The Bertz CT molecular complexity index is 1200. The minimum Gasteiger partial charge on any atom is -0.322 e. The monoisotopic (exact) mass is 424 g/mol. The third kappa shape index (κ3) is 4.07. The smallest absolute Gasteiger partial charge is 0.256 e. The van der Waals surface area contributed by atoms with Crippen LogP contribution >= 0.6 is 0 Å². The van der Waals surface area contributed by atoms with E-state index in [2.05, 4.69) is 15.2 Å². The molecule has 0 radical (unpaired) electrons. The maximum absolute atomic E-state index is 13.0. The number of piperazine rings is 1. The summed E-state index contributed by atoms with van der Waals surface area (Å²) in [6, 6.07) is 15.6. The molecule has 8 heteroatoms. The summed E-state index contributed by atoms with van der Waals surface area (Å²) < 4.78 is 27.5. The van der Waals surface area contributed by atoms with Gasteiger partial charge in [0.15, 0.2) is 0 Å². The third-order valence-electron chi connectivity index (χ3n) is 5.28. The summed E-state index contributed by atoms with van der Waals surface area (Å²) in [4.78, 5) is 19.7. The molecule has 0 spiro atoms. The molecule has 30 heavy (non-hydrogen) atoms. The van der Waals surface area contributed by atoms with Crippen LogP contribution in [0.3, 0.4) is 0 Å². The second kappa shape index (κ2) is 8.14. The molecule has 2 heterocycles. The second-order valence-electron chi connectivity index (χ2n) is 7.52. The van der Waals surface area contributed by atoms with E-state index in [1.165, 1.54) is 10.4 Å². The average Bonchev–Trinajstić information content (AvgIpc) is 2.73. The summed E-state index contributed by atoms with van der Waals surface area (Å²) in [7, 11) is -1.63. The van der Waals surface area contributed by atoms with Crippen molar-refractivity contribution >= 4 is 32.5 Å². The Hall–Kier alpha value is -2.81. The predicted molar refractivity (Wildman–Crippen MR) is 117 cm³/mol. The Balaban J connectivity index is 1.60. The first kappa shape index (κ1) is 20.5. The molecule has 1 aliphatic rings. The van der Waals surface area contributed by atoms with E-state index in [-0.39, 0.29) is 10.8 Å². The number of carbonyl (C=O) groups is 1. The number of pyridine rings is 1. The molecule has 4 rings (SSSR count). The SMILES string of the molecule is Cc1cc(C(=O)Nc2cccc(S(=O)(=O)N3CCN(C)CC3)c2)c2ccccc2n1. The van der Waals surface area contributed by atoms with E-state index in [0.29, 0.717) is 37.4 Å². The standard InChI is InChI=1S/C22H24N4O3S/c1-16-14-20(19-8-3-4-9-21(19)23-16)22(27)24-17-6-5-7-18(15-17)30(28,29)26-12-10-25(2)11-13-26/h3-9,14-15H,10-13H2,1-2H3,(H,24,27). The summed E-state index contributed by atoms with van der Waals surface area (Å²) in [5.41, 5.74) is 2.43. The number of hydrogen-bond acceptors (Lipinski definition) is 5. The van der Waals surface area contributed by atoms with Crippen molar-refractivity contribution in [1.29, 1.82) is 0 Å². The zero-order valence-electron chi connectivity index (χ0n) is 17.0. The number of nitrogens with one attached hydrogen (secondary N) is 1. The number of sulfonamides is 1. The summed E-state index contributed by atoms with van der Waals surface area (Å²) in [5.74, 6) is -0.300. The van der Waals surface area contributed by atoms with E-state index < -0.39 is 10.0 Å². The second-order valence-corrected chi connectivity index (χ2v) is 9.46. The molecule has 0 unspecified atom stereocenters. The number of para-hydroxylation sites is 1.